The second kappa shape index (κ2) is 6.53. The van der Waals surface area contributed by atoms with E-state index in [1.54, 1.807) is 0 Å². The van der Waals surface area contributed by atoms with Gasteiger partial charge in [-0.15, -0.1) is 0 Å². The van der Waals surface area contributed by atoms with Gasteiger partial charge in [-0.1, -0.05) is 42.1 Å². The molecule has 2 N–H and O–H groups in total. The fraction of sp³-hybridized carbons (Fsp3) is 0.167. The van der Waals surface area contributed by atoms with Gasteiger partial charge in [0, 0.05) is 11.9 Å². The number of alkyl halides is 3. The summed E-state index contributed by atoms with van der Waals surface area (Å²) in [7, 11) is 0. The van der Waals surface area contributed by atoms with Crippen LogP contribution in [0.25, 0.3) is 0 Å². The molecule has 7 heteroatoms. The Bertz CT molecular complexity index is 520. The quantitative estimate of drug-likeness (QED) is 0.644. The lowest BCUT2D eigenvalue weighted by atomic mass is 10.2. The fourth-order valence-corrected chi connectivity index (χ4v) is 2.08. The zero-order valence-electron chi connectivity index (χ0n) is 9.69. The highest BCUT2D eigenvalue weighted by atomic mass is 32.2. The van der Waals surface area contributed by atoms with Crippen molar-refractivity contribution in [1.82, 2.24) is 9.97 Å². The van der Waals surface area contributed by atoms with E-state index in [2.05, 4.69) is 9.97 Å². The van der Waals surface area contributed by atoms with Crippen LogP contribution in [-0.4, -0.2) is 15.4 Å². The molecule has 0 aliphatic heterocycles. The second-order valence-electron chi connectivity index (χ2n) is 3.50. The van der Waals surface area contributed by atoms with Crippen molar-refractivity contribution in [3.05, 3.63) is 53.9 Å². The van der Waals surface area contributed by atoms with E-state index in [4.69, 9.17) is 0 Å². The number of thioether (sulfide) groups is 1. The number of hydrogen-bond donors (Lipinski definition) is 0. The summed E-state index contributed by atoms with van der Waals surface area (Å²) in [5, 5.41) is 0.133. The molecule has 2 aromatic rings. The molecule has 3 nitrogen and oxygen atoms in total. The summed E-state index contributed by atoms with van der Waals surface area (Å²) >= 11 is 1.18. The van der Waals surface area contributed by atoms with Crippen molar-refractivity contribution in [2.75, 3.05) is 0 Å². The Morgan fingerprint density at radius 2 is 1.74 bits per heavy atom. The Morgan fingerprint density at radius 3 is 2.37 bits per heavy atom. The minimum absolute atomic E-state index is 0. The number of halogens is 3. The van der Waals surface area contributed by atoms with Crippen LogP contribution in [0.15, 0.2) is 47.8 Å². The molecule has 2 rings (SSSR count). The minimum atomic E-state index is -4.43. The van der Waals surface area contributed by atoms with Gasteiger partial charge in [-0.05, 0) is 11.6 Å². The van der Waals surface area contributed by atoms with Gasteiger partial charge in [0.2, 0.25) is 0 Å². The average Bonchev–Trinajstić information content (AvgIpc) is 2.37. The molecule has 0 unspecified atom stereocenters. The van der Waals surface area contributed by atoms with Crippen LogP contribution in [-0.2, 0) is 11.9 Å². The highest BCUT2D eigenvalue weighted by molar-refractivity contribution is 7.98. The van der Waals surface area contributed by atoms with Crippen LogP contribution in [0.4, 0.5) is 13.2 Å². The molecule has 0 bridgehead atoms. The first-order valence-corrected chi connectivity index (χ1v) is 6.11. The third-order valence-corrected chi connectivity index (χ3v) is 3.07. The molecule has 0 saturated carbocycles. The van der Waals surface area contributed by atoms with Gasteiger partial charge >= 0.3 is 6.18 Å². The van der Waals surface area contributed by atoms with E-state index >= 15 is 0 Å². The molecule has 0 radical (unpaired) electrons. The van der Waals surface area contributed by atoms with Crippen LogP contribution in [0, 0.1) is 0 Å². The lowest BCUT2D eigenvalue weighted by Crippen LogP contribution is -2.08. The second-order valence-corrected chi connectivity index (χ2v) is 4.44. The van der Waals surface area contributed by atoms with E-state index in [-0.39, 0.29) is 10.6 Å². The van der Waals surface area contributed by atoms with Gasteiger partial charge in [-0.2, -0.15) is 13.2 Å². The topological polar surface area (TPSA) is 57.3 Å². The summed E-state index contributed by atoms with van der Waals surface area (Å²) < 4.78 is 37.3. The summed E-state index contributed by atoms with van der Waals surface area (Å²) in [6.07, 6.45) is -3.30. The molecule has 0 amide bonds. The summed E-state index contributed by atoms with van der Waals surface area (Å²) in [6, 6.07) is 10.3. The summed E-state index contributed by atoms with van der Waals surface area (Å²) in [6.45, 7) is 0. The smallest absolute Gasteiger partial charge is 0.412 e. The zero-order valence-corrected chi connectivity index (χ0v) is 10.5. The Morgan fingerprint density at radius 1 is 1.05 bits per heavy atom. The third kappa shape index (κ3) is 4.53. The van der Waals surface area contributed by atoms with Crippen LogP contribution in [0.5, 0.6) is 0 Å². The SMILES string of the molecule is FC(F)(F)c1ccnc(SCc2ccccc2)n1.O. The maximum atomic E-state index is 12.4. The monoisotopic (exact) mass is 288 g/mol. The van der Waals surface area contributed by atoms with Gasteiger partial charge < -0.3 is 5.48 Å². The molecule has 0 atom stereocenters. The van der Waals surface area contributed by atoms with Crippen LogP contribution in [0.1, 0.15) is 11.3 Å². The van der Waals surface area contributed by atoms with Crippen molar-refractivity contribution in [2.24, 2.45) is 0 Å². The largest absolute Gasteiger partial charge is 0.433 e. The first-order valence-electron chi connectivity index (χ1n) is 5.13. The molecule has 1 heterocycles. The van der Waals surface area contributed by atoms with Crippen molar-refractivity contribution < 1.29 is 18.6 Å². The van der Waals surface area contributed by atoms with Gasteiger partial charge in [-0.3, -0.25) is 0 Å². The molecule has 1 aromatic carbocycles. The summed E-state index contributed by atoms with van der Waals surface area (Å²) in [5.41, 5.74) is 0.108. The summed E-state index contributed by atoms with van der Waals surface area (Å²) in [5.74, 6) is 0.544. The number of aromatic nitrogens is 2. The number of hydrogen-bond acceptors (Lipinski definition) is 3. The number of rotatable bonds is 3. The van der Waals surface area contributed by atoms with E-state index in [1.165, 1.54) is 11.8 Å². The average molecular weight is 288 g/mol. The Kier molecular flexibility index (Phi) is 5.31. The molecule has 0 aliphatic rings. The Hall–Kier alpha value is -1.60. The van der Waals surface area contributed by atoms with Crippen LogP contribution >= 0.6 is 11.8 Å². The van der Waals surface area contributed by atoms with Crippen molar-refractivity contribution in [1.29, 1.82) is 0 Å². The van der Waals surface area contributed by atoms with Crippen molar-refractivity contribution >= 4 is 11.8 Å². The Labute approximate surface area is 112 Å². The molecule has 0 fully saturated rings. The highest BCUT2D eigenvalue weighted by Gasteiger charge is 2.32. The molecule has 0 spiro atoms. The maximum absolute atomic E-state index is 12.4. The van der Waals surface area contributed by atoms with E-state index in [0.29, 0.717) is 5.75 Å². The highest BCUT2D eigenvalue weighted by Crippen LogP contribution is 2.28. The minimum Gasteiger partial charge on any atom is -0.412 e. The van der Waals surface area contributed by atoms with Crippen LogP contribution in [0.3, 0.4) is 0 Å². The third-order valence-electron chi connectivity index (χ3n) is 2.13. The number of nitrogens with zero attached hydrogens (tertiary/aromatic N) is 2. The van der Waals surface area contributed by atoms with Gasteiger partial charge in [0.25, 0.3) is 0 Å². The standard InChI is InChI=1S/C12H9F3N2S.H2O/c13-12(14,15)10-6-7-16-11(17-10)18-8-9-4-2-1-3-5-9;/h1-7H,8H2;1H2. The van der Waals surface area contributed by atoms with E-state index in [0.717, 1.165) is 17.8 Å². The predicted molar refractivity (Wildman–Crippen MR) is 66.7 cm³/mol. The molecule has 1 aromatic heterocycles. The molecular weight excluding hydrogens is 277 g/mol. The van der Waals surface area contributed by atoms with Gasteiger partial charge in [0.1, 0.15) is 5.69 Å². The molecule has 0 aliphatic carbocycles. The molecule has 102 valence electrons. The lowest BCUT2D eigenvalue weighted by molar-refractivity contribution is -0.141. The molecule has 0 saturated heterocycles. The molecular formula is C12H11F3N2OS. The molecule has 19 heavy (non-hydrogen) atoms. The lowest BCUT2D eigenvalue weighted by Gasteiger charge is -2.06. The predicted octanol–water partition coefficient (Wildman–Crippen LogP) is 2.96. The van der Waals surface area contributed by atoms with Crippen molar-refractivity contribution in [2.45, 2.75) is 17.1 Å². The van der Waals surface area contributed by atoms with Gasteiger partial charge in [0.05, 0.1) is 0 Å². The fourth-order valence-electron chi connectivity index (χ4n) is 1.29. The van der Waals surface area contributed by atoms with E-state index in [1.807, 2.05) is 30.3 Å². The van der Waals surface area contributed by atoms with Crippen molar-refractivity contribution in [3.8, 4) is 0 Å². The van der Waals surface area contributed by atoms with Crippen LogP contribution < -0.4 is 0 Å². The number of benzene rings is 1. The van der Waals surface area contributed by atoms with Crippen molar-refractivity contribution in [3.63, 3.8) is 0 Å². The zero-order chi connectivity index (χ0) is 13.0. The van der Waals surface area contributed by atoms with Gasteiger partial charge in [-0.25, -0.2) is 9.97 Å². The van der Waals surface area contributed by atoms with E-state index in [9.17, 15) is 13.2 Å². The van der Waals surface area contributed by atoms with E-state index < -0.39 is 11.9 Å². The first-order chi connectivity index (χ1) is 8.55. The normalized spacial score (nSPS) is 10.9. The van der Waals surface area contributed by atoms with Crippen LogP contribution in [0.2, 0.25) is 0 Å². The van der Waals surface area contributed by atoms with Gasteiger partial charge in [0.15, 0.2) is 5.16 Å². The first kappa shape index (κ1) is 15.5. The maximum Gasteiger partial charge on any atom is 0.433 e. The Balaban J connectivity index is 0.00000180. The summed E-state index contributed by atoms with van der Waals surface area (Å²) in [4.78, 5) is 7.31.